The van der Waals surface area contributed by atoms with Gasteiger partial charge in [-0.2, -0.15) is 9.97 Å². The van der Waals surface area contributed by atoms with Crippen molar-refractivity contribution in [2.45, 2.75) is 0 Å². The number of rotatable bonds is 5. The molecule has 0 spiro atoms. The highest BCUT2D eigenvalue weighted by Gasteiger charge is 2.20. The smallest absolute Gasteiger partial charge is 0.238 e. The maximum Gasteiger partial charge on any atom is 0.238 e. The zero-order chi connectivity index (χ0) is 38.2. The van der Waals surface area contributed by atoms with Crippen LogP contribution >= 0.6 is 11.3 Å². The van der Waals surface area contributed by atoms with Gasteiger partial charge in [0.2, 0.25) is 5.95 Å². The molecule has 0 N–H and O–H groups in total. The molecule has 12 aromatic rings. The molecule has 0 radical (unpaired) electrons. The Kier molecular flexibility index (Phi) is 7.33. The molecule has 0 fully saturated rings. The van der Waals surface area contributed by atoms with Gasteiger partial charge in [0.05, 0.1) is 22.2 Å². The van der Waals surface area contributed by atoms with Gasteiger partial charge in [0.25, 0.3) is 0 Å². The van der Waals surface area contributed by atoms with E-state index in [0.717, 1.165) is 55.3 Å². The van der Waals surface area contributed by atoms with Gasteiger partial charge in [0, 0.05) is 63.8 Å². The second-order valence-corrected chi connectivity index (χ2v) is 15.6. The number of thiophene rings is 1. The normalized spacial score (nSPS) is 11.8. The molecule has 4 aromatic heterocycles. The van der Waals surface area contributed by atoms with Crippen molar-refractivity contribution in [3.05, 3.63) is 188 Å². The van der Waals surface area contributed by atoms with Crippen LogP contribution in [-0.4, -0.2) is 24.5 Å². The predicted molar refractivity (Wildman–Crippen MR) is 242 cm³/mol. The fourth-order valence-corrected chi connectivity index (χ4v) is 9.87. The van der Waals surface area contributed by atoms with Gasteiger partial charge in [0.1, 0.15) is 0 Å². The highest BCUT2D eigenvalue weighted by molar-refractivity contribution is 7.26. The van der Waals surface area contributed by atoms with E-state index in [1.807, 2.05) is 29.5 Å². The van der Waals surface area contributed by atoms with E-state index in [0.29, 0.717) is 17.6 Å². The second-order valence-electron chi connectivity index (χ2n) is 14.6. The van der Waals surface area contributed by atoms with Crippen molar-refractivity contribution in [1.29, 1.82) is 0 Å². The minimum Gasteiger partial charge on any atom is -0.278 e. The average Bonchev–Trinajstić information content (AvgIpc) is 3.85. The number of aromatic nitrogens is 5. The first kappa shape index (κ1) is 32.7. The number of para-hydroxylation sites is 3. The van der Waals surface area contributed by atoms with E-state index < -0.39 is 0 Å². The van der Waals surface area contributed by atoms with E-state index in [4.69, 9.17) is 19.9 Å². The molecule has 0 saturated heterocycles. The van der Waals surface area contributed by atoms with Gasteiger partial charge in [-0.25, -0.2) is 9.97 Å². The summed E-state index contributed by atoms with van der Waals surface area (Å²) in [6.45, 7) is 0. The van der Waals surface area contributed by atoms with Crippen molar-refractivity contribution < 1.29 is 0 Å². The summed E-state index contributed by atoms with van der Waals surface area (Å²) >= 11 is 1.85. The van der Waals surface area contributed by atoms with E-state index in [-0.39, 0.29) is 0 Å². The molecule has 58 heavy (non-hydrogen) atoms. The molecule has 4 heterocycles. The first-order valence-corrected chi connectivity index (χ1v) is 20.2. The van der Waals surface area contributed by atoms with Gasteiger partial charge in [-0.15, -0.1) is 11.3 Å². The van der Waals surface area contributed by atoms with E-state index in [2.05, 4.69) is 174 Å². The van der Waals surface area contributed by atoms with Crippen LogP contribution in [0, 0.1) is 0 Å². The van der Waals surface area contributed by atoms with Crippen LogP contribution in [0.3, 0.4) is 0 Å². The number of hydrogen-bond acceptors (Lipinski definition) is 5. The molecule has 0 aliphatic rings. The Labute approximate surface area is 337 Å². The maximum atomic E-state index is 5.20. The zero-order valence-corrected chi connectivity index (χ0v) is 31.9. The Hall–Kier alpha value is -7.54. The van der Waals surface area contributed by atoms with Crippen molar-refractivity contribution in [3.63, 3.8) is 0 Å². The van der Waals surface area contributed by atoms with E-state index in [1.165, 1.54) is 41.9 Å². The van der Waals surface area contributed by atoms with Gasteiger partial charge in [-0.05, 0) is 35.4 Å². The number of nitrogens with zero attached hydrogens (tertiary/aromatic N) is 5. The van der Waals surface area contributed by atoms with Crippen LogP contribution in [0.4, 0.5) is 0 Å². The summed E-state index contributed by atoms with van der Waals surface area (Å²) in [5.74, 6) is 1.84. The third-order valence-corrected chi connectivity index (χ3v) is 12.5. The Bertz CT molecular complexity index is 3500. The standard InChI is InChI=1S/C52H31N5S/c1-3-14-33(15-4-1)48-40-30-31-45-47(46(40)39-20-7-10-23-42(39)53-48)41-22-13-21-36(49(41)58-45)32-26-28-35(29-27-32)51-54-50(34-16-5-2-6-17-34)55-52(56-51)57-43-24-11-8-18-37(43)38-19-9-12-25-44(38)57/h1-31H. The zero-order valence-electron chi connectivity index (χ0n) is 31.0. The lowest BCUT2D eigenvalue weighted by Crippen LogP contribution is -2.06. The van der Waals surface area contributed by atoms with Crippen molar-refractivity contribution in [1.82, 2.24) is 24.5 Å². The van der Waals surface area contributed by atoms with E-state index >= 15 is 0 Å². The van der Waals surface area contributed by atoms with Crippen molar-refractivity contribution in [3.8, 4) is 51.1 Å². The van der Waals surface area contributed by atoms with E-state index in [9.17, 15) is 0 Å². The maximum absolute atomic E-state index is 5.20. The Balaban J connectivity index is 1.02. The van der Waals surface area contributed by atoms with Crippen LogP contribution < -0.4 is 0 Å². The third-order valence-electron chi connectivity index (χ3n) is 11.3. The summed E-state index contributed by atoms with van der Waals surface area (Å²) < 4.78 is 4.68. The Morgan fingerprint density at radius 2 is 0.931 bits per heavy atom. The lowest BCUT2D eigenvalue weighted by molar-refractivity contribution is 0.953. The SMILES string of the molecule is c1ccc(-c2nc(-c3ccc(-c4cccc5c4sc4ccc6c(-c7ccccc7)nc7ccccc7c6c45)cc3)nc(-n3c4ccccc4c4ccccc43)n2)cc1. The summed E-state index contributed by atoms with van der Waals surface area (Å²) in [4.78, 5) is 20.5. The molecule has 0 atom stereocenters. The van der Waals surface area contributed by atoms with Gasteiger partial charge >= 0.3 is 0 Å². The summed E-state index contributed by atoms with van der Waals surface area (Å²) in [6.07, 6.45) is 0. The van der Waals surface area contributed by atoms with Crippen LogP contribution in [0.15, 0.2) is 188 Å². The fourth-order valence-electron chi connectivity index (χ4n) is 8.62. The van der Waals surface area contributed by atoms with Crippen LogP contribution in [-0.2, 0) is 0 Å². The third kappa shape index (κ3) is 5.09. The first-order chi connectivity index (χ1) is 28.8. The molecule has 0 amide bonds. The molecule has 6 heteroatoms. The molecular formula is C52H31N5S. The van der Waals surface area contributed by atoms with Crippen LogP contribution in [0.5, 0.6) is 0 Å². The summed E-state index contributed by atoms with van der Waals surface area (Å²) in [5, 5.41) is 8.45. The lowest BCUT2D eigenvalue weighted by atomic mass is 9.95. The topological polar surface area (TPSA) is 56.5 Å². The average molecular weight is 758 g/mol. The summed E-state index contributed by atoms with van der Waals surface area (Å²) in [5.41, 5.74) is 9.45. The summed E-state index contributed by atoms with van der Waals surface area (Å²) in [6, 6.07) is 66.0. The Morgan fingerprint density at radius 1 is 0.362 bits per heavy atom. The number of fused-ring (bicyclic) bond motifs is 10. The van der Waals surface area contributed by atoms with Crippen LogP contribution in [0.25, 0.3) is 115 Å². The van der Waals surface area contributed by atoms with Crippen LogP contribution in [0.1, 0.15) is 0 Å². The molecule has 12 rings (SSSR count). The largest absolute Gasteiger partial charge is 0.278 e. The number of hydrogen-bond donors (Lipinski definition) is 0. The minimum atomic E-state index is 0.589. The predicted octanol–water partition coefficient (Wildman–Crippen LogP) is 13.7. The molecule has 0 bridgehead atoms. The highest BCUT2D eigenvalue weighted by atomic mass is 32.1. The fraction of sp³-hybridized carbons (Fsp3) is 0. The van der Waals surface area contributed by atoms with E-state index in [1.54, 1.807) is 0 Å². The molecular weight excluding hydrogens is 727 g/mol. The second kappa shape index (κ2) is 13.0. The molecule has 0 saturated carbocycles. The monoisotopic (exact) mass is 757 g/mol. The van der Waals surface area contributed by atoms with Crippen molar-refractivity contribution in [2.24, 2.45) is 0 Å². The van der Waals surface area contributed by atoms with Gasteiger partial charge in [0.15, 0.2) is 11.6 Å². The molecule has 0 unspecified atom stereocenters. The lowest BCUT2D eigenvalue weighted by Gasteiger charge is -2.12. The Morgan fingerprint density at radius 3 is 1.64 bits per heavy atom. The highest BCUT2D eigenvalue weighted by Crippen LogP contribution is 2.46. The number of pyridine rings is 1. The summed E-state index contributed by atoms with van der Waals surface area (Å²) in [7, 11) is 0. The molecule has 0 aliphatic heterocycles. The first-order valence-electron chi connectivity index (χ1n) is 19.4. The van der Waals surface area contributed by atoms with Crippen molar-refractivity contribution >= 4 is 75.0 Å². The number of benzene rings is 8. The molecule has 5 nitrogen and oxygen atoms in total. The van der Waals surface area contributed by atoms with Gasteiger partial charge in [-0.3, -0.25) is 4.57 Å². The van der Waals surface area contributed by atoms with Crippen molar-refractivity contribution in [2.75, 3.05) is 0 Å². The van der Waals surface area contributed by atoms with Gasteiger partial charge in [-0.1, -0.05) is 164 Å². The quantitative estimate of drug-likeness (QED) is 0.164. The minimum absolute atomic E-state index is 0.589. The molecule has 270 valence electrons. The van der Waals surface area contributed by atoms with Crippen LogP contribution in [0.2, 0.25) is 0 Å². The molecule has 0 aliphatic carbocycles. The molecule has 8 aromatic carbocycles. The van der Waals surface area contributed by atoms with Gasteiger partial charge < -0.3 is 0 Å².